The number of hydrogen-bond donors (Lipinski definition) is 1. The molecule has 0 spiro atoms. The van der Waals surface area contributed by atoms with E-state index in [1.165, 1.54) is 25.3 Å². The molecule has 0 atom stereocenters. The number of pyridine rings is 1. The van der Waals surface area contributed by atoms with Gasteiger partial charge in [-0.1, -0.05) is 0 Å². The molecule has 1 rings (SSSR count). The maximum Gasteiger partial charge on any atom is 0.308 e. The summed E-state index contributed by atoms with van der Waals surface area (Å²) >= 11 is 0. The van der Waals surface area contributed by atoms with Crippen LogP contribution >= 0.6 is 0 Å². The molecule has 0 aromatic carbocycles. The molecule has 0 aliphatic heterocycles. The van der Waals surface area contributed by atoms with Crippen LogP contribution in [-0.4, -0.2) is 10.6 Å². The lowest BCUT2D eigenvalue weighted by molar-refractivity contribution is -0.131. The number of nitrogens with zero attached hydrogens (tertiary/aromatic N) is 1. The van der Waals surface area contributed by atoms with E-state index in [9.17, 15) is 9.59 Å². The normalized spacial score (nSPS) is 9.42. The van der Waals surface area contributed by atoms with Gasteiger partial charge in [-0.05, 0) is 6.07 Å². The monoisotopic (exact) mass is 168 g/mol. The van der Waals surface area contributed by atoms with Crippen molar-refractivity contribution in [2.75, 3.05) is 5.84 Å². The third kappa shape index (κ3) is 1.85. The lowest BCUT2D eigenvalue weighted by Crippen LogP contribution is -2.25. The molecule has 1 aromatic heterocycles. The summed E-state index contributed by atoms with van der Waals surface area (Å²) in [7, 11) is 0. The van der Waals surface area contributed by atoms with Crippen LogP contribution in [0, 0.1) is 0 Å². The molecule has 1 heterocycles. The zero-order valence-corrected chi connectivity index (χ0v) is 6.48. The van der Waals surface area contributed by atoms with Gasteiger partial charge in [0.25, 0.3) is 5.56 Å². The maximum atomic E-state index is 10.8. The highest BCUT2D eigenvalue weighted by molar-refractivity contribution is 5.69. The van der Waals surface area contributed by atoms with Crippen LogP contribution in [0.3, 0.4) is 0 Å². The SMILES string of the molecule is CC(=O)Oc1ccc(=O)n(N)c1. The molecule has 0 radical (unpaired) electrons. The Hall–Kier alpha value is -1.78. The minimum absolute atomic E-state index is 0.254. The molecule has 0 amide bonds. The largest absolute Gasteiger partial charge is 0.425 e. The summed E-state index contributed by atoms with van der Waals surface area (Å²) in [4.78, 5) is 21.2. The lowest BCUT2D eigenvalue weighted by Gasteiger charge is -2.01. The van der Waals surface area contributed by atoms with Gasteiger partial charge < -0.3 is 10.6 Å². The zero-order chi connectivity index (χ0) is 9.14. The van der Waals surface area contributed by atoms with E-state index in [1.54, 1.807) is 0 Å². The van der Waals surface area contributed by atoms with E-state index in [1.807, 2.05) is 0 Å². The molecule has 0 unspecified atom stereocenters. The Morgan fingerprint density at radius 3 is 2.75 bits per heavy atom. The molecule has 0 bridgehead atoms. The van der Waals surface area contributed by atoms with Gasteiger partial charge in [-0.3, -0.25) is 9.59 Å². The quantitative estimate of drug-likeness (QED) is 0.452. The highest BCUT2D eigenvalue weighted by Gasteiger charge is 1.98. The Morgan fingerprint density at radius 1 is 1.58 bits per heavy atom. The highest BCUT2D eigenvalue weighted by atomic mass is 16.5. The van der Waals surface area contributed by atoms with Gasteiger partial charge in [0.15, 0.2) is 0 Å². The van der Waals surface area contributed by atoms with E-state index in [0.29, 0.717) is 0 Å². The van der Waals surface area contributed by atoms with Crippen molar-refractivity contribution >= 4 is 5.97 Å². The van der Waals surface area contributed by atoms with Crippen LogP contribution in [0.1, 0.15) is 6.92 Å². The van der Waals surface area contributed by atoms with Gasteiger partial charge in [-0.25, -0.2) is 4.68 Å². The minimum Gasteiger partial charge on any atom is -0.425 e. The van der Waals surface area contributed by atoms with Crippen molar-refractivity contribution in [1.29, 1.82) is 0 Å². The molecular formula is C7H8N2O3. The summed E-state index contributed by atoms with van der Waals surface area (Å²) in [5.41, 5.74) is -0.356. The third-order valence-corrected chi connectivity index (χ3v) is 1.17. The highest BCUT2D eigenvalue weighted by Crippen LogP contribution is 2.04. The lowest BCUT2D eigenvalue weighted by atomic mass is 10.4. The number of hydrogen-bond acceptors (Lipinski definition) is 4. The van der Waals surface area contributed by atoms with Crippen LogP contribution in [0.2, 0.25) is 0 Å². The molecule has 0 saturated heterocycles. The molecule has 12 heavy (non-hydrogen) atoms. The number of ether oxygens (including phenoxy) is 1. The first kappa shape index (κ1) is 8.32. The van der Waals surface area contributed by atoms with E-state index in [2.05, 4.69) is 4.74 Å². The van der Waals surface area contributed by atoms with Crippen molar-refractivity contribution in [3.05, 3.63) is 28.7 Å². The van der Waals surface area contributed by atoms with Gasteiger partial charge in [-0.2, -0.15) is 0 Å². The van der Waals surface area contributed by atoms with Gasteiger partial charge in [-0.15, -0.1) is 0 Å². The summed E-state index contributed by atoms with van der Waals surface area (Å²) in [5, 5.41) is 0. The fourth-order valence-electron chi connectivity index (χ4n) is 0.710. The second kappa shape index (κ2) is 3.08. The first-order valence-electron chi connectivity index (χ1n) is 3.26. The van der Waals surface area contributed by atoms with E-state index < -0.39 is 5.97 Å². The van der Waals surface area contributed by atoms with E-state index in [4.69, 9.17) is 5.84 Å². The molecule has 0 aliphatic carbocycles. The Kier molecular flexibility index (Phi) is 2.14. The fourth-order valence-corrected chi connectivity index (χ4v) is 0.710. The van der Waals surface area contributed by atoms with Crippen molar-refractivity contribution in [3.63, 3.8) is 0 Å². The molecule has 5 heteroatoms. The van der Waals surface area contributed by atoms with Gasteiger partial charge in [0.2, 0.25) is 0 Å². The van der Waals surface area contributed by atoms with Crippen molar-refractivity contribution in [2.24, 2.45) is 0 Å². The molecule has 0 aliphatic rings. The Bertz CT molecular complexity index is 356. The molecule has 1 aromatic rings. The second-order valence-electron chi connectivity index (χ2n) is 2.20. The molecule has 5 nitrogen and oxygen atoms in total. The number of carbonyl (C=O) groups excluding carboxylic acids is 1. The number of carbonyl (C=O) groups is 1. The zero-order valence-electron chi connectivity index (χ0n) is 6.48. The number of nitrogen functional groups attached to an aromatic ring is 1. The number of rotatable bonds is 1. The maximum absolute atomic E-state index is 10.8. The van der Waals surface area contributed by atoms with Crippen molar-refractivity contribution in [2.45, 2.75) is 6.92 Å². The number of esters is 1. The van der Waals surface area contributed by atoms with Crippen molar-refractivity contribution in [1.82, 2.24) is 4.68 Å². The summed E-state index contributed by atoms with van der Waals surface area (Å²) in [6.07, 6.45) is 1.24. The van der Waals surface area contributed by atoms with Gasteiger partial charge in [0.05, 0.1) is 6.20 Å². The summed E-state index contributed by atoms with van der Waals surface area (Å²) in [5.74, 6) is 5.01. The number of nitrogens with two attached hydrogens (primary N) is 1. The van der Waals surface area contributed by atoms with Crippen molar-refractivity contribution in [3.8, 4) is 5.75 Å². The van der Waals surface area contributed by atoms with Crippen LogP contribution in [0.25, 0.3) is 0 Å². The topological polar surface area (TPSA) is 74.3 Å². The molecule has 2 N–H and O–H groups in total. The van der Waals surface area contributed by atoms with Gasteiger partial charge in [0, 0.05) is 13.0 Å². The van der Waals surface area contributed by atoms with Crippen LogP contribution in [0.4, 0.5) is 0 Å². The van der Waals surface area contributed by atoms with E-state index in [0.717, 1.165) is 4.68 Å². The van der Waals surface area contributed by atoms with Crippen LogP contribution in [-0.2, 0) is 4.79 Å². The first-order chi connectivity index (χ1) is 5.59. The summed E-state index contributed by atoms with van der Waals surface area (Å²) in [6, 6.07) is 2.60. The van der Waals surface area contributed by atoms with Crippen LogP contribution < -0.4 is 16.1 Å². The minimum atomic E-state index is -0.450. The second-order valence-corrected chi connectivity index (χ2v) is 2.20. The fraction of sp³-hybridized carbons (Fsp3) is 0.143. The van der Waals surface area contributed by atoms with Gasteiger partial charge in [0.1, 0.15) is 5.75 Å². The van der Waals surface area contributed by atoms with Gasteiger partial charge >= 0.3 is 5.97 Å². The standard InChI is InChI=1S/C7H8N2O3/c1-5(10)12-6-2-3-7(11)9(8)4-6/h2-4H,8H2,1H3. The smallest absolute Gasteiger partial charge is 0.308 e. The van der Waals surface area contributed by atoms with E-state index >= 15 is 0 Å². The molecule has 0 saturated carbocycles. The third-order valence-electron chi connectivity index (χ3n) is 1.17. The summed E-state index contributed by atoms with van der Waals surface area (Å²) in [6.45, 7) is 1.27. The predicted octanol–water partition coefficient (Wildman–Crippen LogP) is -0.513. The first-order valence-corrected chi connectivity index (χ1v) is 3.26. The Balaban J connectivity index is 2.97. The number of aromatic nitrogens is 1. The molecule has 64 valence electrons. The molecule has 0 fully saturated rings. The van der Waals surface area contributed by atoms with Crippen LogP contribution in [0.5, 0.6) is 5.75 Å². The predicted molar refractivity (Wildman–Crippen MR) is 42.2 cm³/mol. The Labute approximate surface area is 68.3 Å². The summed E-state index contributed by atoms with van der Waals surface area (Å²) < 4.78 is 5.52. The molecular weight excluding hydrogens is 160 g/mol. The van der Waals surface area contributed by atoms with E-state index in [-0.39, 0.29) is 11.3 Å². The van der Waals surface area contributed by atoms with Crippen LogP contribution in [0.15, 0.2) is 23.1 Å². The average Bonchev–Trinajstić information content (AvgIpc) is 1.96. The van der Waals surface area contributed by atoms with Crippen molar-refractivity contribution < 1.29 is 9.53 Å². The Morgan fingerprint density at radius 2 is 2.25 bits per heavy atom. The average molecular weight is 168 g/mol.